The Morgan fingerprint density at radius 2 is 1.71 bits per heavy atom. The molecule has 148 valence electrons. The fourth-order valence-corrected chi connectivity index (χ4v) is 4.38. The van der Waals surface area contributed by atoms with Gasteiger partial charge in [-0.3, -0.25) is 9.59 Å². The van der Waals surface area contributed by atoms with Gasteiger partial charge < -0.3 is 10.6 Å². The highest BCUT2D eigenvalue weighted by Crippen LogP contribution is 2.30. The van der Waals surface area contributed by atoms with Crippen molar-refractivity contribution in [1.82, 2.24) is 14.7 Å². The molecular formula is C21H25FN4O2. The summed E-state index contributed by atoms with van der Waals surface area (Å²) in [5.74, 6) is -0.108. The fraction of sp³-hybridized carbons (Fsp3) is 0.476. The summed E-state index contributed by atoms with van der Waals surface area (Å²) in [6, 6.07) is 5.78. The minimum absolute atomic E-state index is 0.0743. The van der Waals surface area contributed by atoms with Gasteiger partial charge in [0.2, 0.25) is 5.91 Å². The van der Waals surface area contributed by atoms with Gasteiger partial charge in [-0.2, -0.15) is 5.10 Å². The number of halogens is 1. The number of nitrogens with two attached hydrogens (primary N) is 1. The molecule has 1 atom stereocenters. The normalized spacial score (nSPS) is 20.5. The molecule has 1 aromatic heterocycles. The molecule has 0 bridgehead atoms. The Morgan fingerprint density at radius 1 is 1.04 bits per heavy atom. The second kappa shape index (κ2) is 7.73. The Hall–Kier alpha value is -2.70. The zero-order valence-electron chi connectivity index (χ0n) is 15.8. The Balaban J connectivity index is 1.49. The van der Waals surface area contributed by atoms with Gasteiger partial charge in [0.25, 0.3) is 0 Å². The Labute approximate surface area is 163 Å². The lowest BCUT2D eigenvalue weighted by Gasteiger charge is -2.33. The number of hydrogen-bond acceptors (Lipinski definition) is 4. The standard InChI is InChI=1S/C21H25FN4O2/c22-16-7-9-17(10-8-16)26-20(23)18(12-24-26)19(27)15-6-3-11-25(13-15)21(28)14-4-1-2-5-14/h7-10,12,14-15H,1-6,11,13,23H2/t15-/m0/s1. The maximum Gasteiger partial charge on any atom is 0.225 e. The van der Waals surface area contributed by atoms with Gasteiger partial charge in [-0.25, -0.2) is 9.07 Å². The molecule has 1 amide bonds. The van der Waals surface area contributed by atoms with Crippen LogP contribution in [0.3, 0.4) is 0 Å². The molecule has 2 fully saturated rings. The molecule has 4 rings (SSSR count). The van der Waals surface area contributed by atoms with E-state index in [4.69, 9.17) is 5.73 Å². The van der Waals surface area contributed by atoms with Crippen LogP contribution in [0.5, 0.6) is 0 Å². The number of carbonyl (C=O) groups excluding carboxylic acids is 2. The summed E-state index contributed by atoms with van der Waals surface area (Å²) in [7, 11) is 0. The van der Waals surface area contributed by atoms with Crippen molar-refractivity contribution < 1.29 is 14.0 Å². The number of piperidine rings is 1. The molecule has 0 unspecified atom stereocenters. The van der Waals surface area contributed by atoms with Crippen LogP contribution >= 0.6 is 0 Å². The zero-order valence-corrected chi connectivity index (χ0v) is 15.8. The van der Waals surface area contributed by atoms with E-state index in [0.717, 1.165) is 45.1 Å². The van der Waals surface area contributed by atoms with Crippen LogP contribution in [0.2, 0.25) is 0 Å². The van der Waals surface area contributed by atoms with Gasteiger partial charge in [-0.05, 0) is 49.9 Å². The topological polar surface area (TPSA) is 81.2 Å². The molecule has 1 aromatic carbocycles. The van der Waals surface area contributed by atoms with E-state index in [1.165, 1.54) is 23.0 Å². The molecule has 0 spiro atoms. The smallest absolute Gasteiger partial charge is 0.225 e. The van der Waals surface area contributed by atoms with Gasteiger partial charge >= 0.3 is 0 Å². The maximum absolute atomic E-state index is 13.1. The molecule has 1 saturated heterocycles. The largest absolute Gasteiger partial charge is 0.383 e. The summed E-state index contributed by atoms with van der Waals surface area (Å²) in [4.78, 5) is 27.7. The average Bonchev–Trinajstić information content (AvgIpc) is 3.38. The van der Waals surface area contributed by atoms with E-state index in [1.54, 1.807) is 12.1 Å². The lowest BCUT2D eigenvalue weighted by Crippen LogP contribution is -2.44. The van der Waals surface area contributed by atoms with Crippen molar-refractivity contribution in [3.8, 4) is 5.69 Å². The Kier molecular flexibility index (Phi) is 5.15. The first kappa shape index (κ1) is 18.7. The first-order chi connectivity index (χ1) is 13.5. The van der Waals surface area contributed by atoms with Crippen LogP contribution in [0.15, 0.2) is 30.5 Å². The predicted molar refractivity (Wildman–Crippen MR) is 104 cm³/mol. The number of anilines is 1. The van der Waals surface area contributed by atoms with E-state index in [1.807, 2.05) is 4.90 Å². The third-order valence-electron chi connectivity index (χ3n) is 5.95. The van der Waals surface area contributed by atoms with Gasteiger partial charge in [0, 0.05) is 24.9 Å². The highest BCUT2D eigenvalue weighted by atomic mass is 19.1. The molecule has 6 nitrogen and oxygen atoms in total. The van der Waals surface area contributed by atoms with E-state index >= 15 is 0 Å². The molecule has 7 heteroatoms. The number of benzene rings is 1. The fourth-order valence-electron chi connectivity index (χ4n) is 4.38. The highest BCUT2D eigenvalue weighted by Gasteiger charge is 2.34. The van der Waals surface area contributed by atoms with Crippen LogP contribution in [-0.2, 0) is 4.79 Å². The summed E-state index contributed by atoms with van der Waals surface area (Å²) in [5.41, 5.74) is 7.14. The summed E-state index contributed by atoms with van der Waals surface area (Å²) in [6.07, 6.45) is 7.20. The molecule has 2 aliphatic rings. The van der Waals surface area contributed by atoms with Gasteiger partial charge in [-0.1, -0.05) is 12.8 Å². The number of Topliss-reactive ketones (excluding diaryl/α,β-unsaturated/α-hetero) is 1. The first-order valence-electron chi connectivity index (χ1n) is 9.97. The Bertz CT molecular complexity index is 871. The van der Waals surface area contributed by atoms with Crippen LogP contribution in [0, 0.1) is 17.7 Å². The second-order valence-corrected chi connectivity index (χ2v) is 7.80. The number of rotatable bonds is 4. The quantitative estimate of drug-likeness (QED) is 0.821. The van der Waals surface area contributed by atoms with Crippen molar-refractivity contribution in [2.75, 3.05) is 18.8 Å². The van der Waals surface area contributed by atoms with Crippen LogP contribution < -0.4 is 5.73 Å². The summed E-state index contributed by atoms with van der Waals surface area (Å²) in [5, 5.41) is 4.22. The number of hydrogen-bond donors (Lipinski definition) is 1. The summed E-state index contributed by atoms with van der Waals surface area (Å²) >= 11 is 0. The van der Waals surface area contributed by atoms with Gasteiger partial charge in [0.1, 0.15) is 11.6 Å². The van der Waals surface area contributed by atoms with Crippen LogP contribution in [0.25, 0.3) is 5.69 Å². The average molecular weight is 384 g/mol. The first-order valence-corrected chi connectivity index (χ1v) is 9.97. The number of aromatic nitrogens is 2. The SMILES string of the molecule is Nc1c(C(=O)[C@H]2CCCN(C(=O)C3CCCC3)C2)cnn1-c1ccc(F)cc1. The van der Waals surface area contributed by atoms with Crippen molar-refractivity contribution >= 4 is 17.5 Å². The third kappa shape index (κ3) is 3.53. The molecule has 28 heavy (non-hydrogen) atoms. The van der Waals surface area contributed by atoms with Crippen molar-refractivity contribution in [2.45, 2.75) is 38.5 Å². The molecule has 1 saturated carbocycles. The van der Waals surface area contributed by atoms with Crippen molar-refractivity contribution in [2.24, 2.45) is 11.8 Å². The van der Waals surface area contributed by atoms with Crippen LogP contribution in [0.4, 0.5) is 10.2 Å². The number of nitrogen functional groups attached to an aromatic ring is 1. The van der Waals surface area contributed by atoms with Gasteiger partial charge in [-0.15, -0.1) is 0 Å². The van der Waals surface area contributed by atoms with E-state index < -0.39 is 0 Å². The van der Waals surface area contributed by atoms with Crippen molar-refractivity contribution in [3.05, 3.63) is 41.8 Å². The van der Waals surface area contributed by atoms with Gasteiger partial charge in [0.15, 0.2) is 5.78 Å². The molecule has 2 N–H and O–H groups in total. The van der Waals surface area contributed by atoms with E-state index in [0.29, 0.717) is 17.8 Å². The van der Waals surface area contributed by atoms with E-state index in [9.17, 15) is 14.0 Å². The Morgan fingerprint density at radius 3 is 2.43 bits per heavy atom. The second-order valence-electron chi connectivity index (χ2n) is 7.80. The lowest BCUT2D eigenvalue weighted by atomic mass is 9.90. The number of nitrogens with zero attached hydrogens (tertiary/aromatic N) is 3. The number of carbonyl (C=O) groups is 2. The molecular weight excluding hydrogens is 359 g/mol. The molecule has 1 aliphatic heterocycles. The van der Waals surface area contributed by atoms with Gasteiger partial charge in [0.05, 0.1) is 17.4 Å². The number of amides is 1. The third-order valence-corrected chi connectivity index (χ3v) is 5.95. The van der Waals surface area contributed by atoms with Crippen molar-refractivity contribution in [1.29, 1.82) is 0 Å². The minimum atomic E-state index is -0.347. The highest BCUT2D eigenvalue weighted by molar-refractivity contribution is 6.02. The molecule has 0 radical (unpaired) electrons. The number of ketones is 1. The number of likely N-dealkylation sites (tertiary alicyclic amines) is 1. The summed E-state index contributed by atoms with van der Waals surface area (Å²) < 4.78 is 14.6. The molecule has 1 aliphatic carbocycles. The van der Waals surface area contributed by atoms with Crippen LogP contribution in [0.1, 0.15) is 48.9 Å². The monoisotopic (exact) mass is 384 g/mol. The van der Waals surface area contributed by atoms with E-state index in [-0.39, 0.29) is 35.2 Å². The minimum Gasteiger partial charge on any atom is -0.383 e. The van der Waals surface area contributed by atoms with E-state index in [2.05, 4.69) is 5.10 Å². The van der Waals surface area contributed by atoms with Crippen LogP contribution in [-0.4, -0.2) is 39.5 Å². The predicted octanol–water partition coefficient (Wildman–Crippen LogP) is 3.21. The van der Waals surface area contributed by atoms with Crippen molar-refractivity contribution in [3.63, 3.8) is 0 Å². The lowest BCUT2D eigenvalue weighted by molar-refractivity contribution is -0.136. The summed E-state index contributed by atoms with van der Waals surface area (Å²) in [6.45, 7) is 1.18. The zero-order chi connectivity index (χ0) is 19.7. The molecule has 2 aromatic rings. The molecule has 2 heterocycles. The maximum atomic E-state index is 13.1.